The maximum atomic E-state index is 4.05. The molecule has 0 bridgehead atoms. The highest BCUT2D eigenvalue weighted by molar-refractivity contribution is 5.74. The molecule has 0 spiro atoms. The molecule has 0 saturated carbocycles. The van der Waals surface area contributed by atoms with E-state index in [0.717, 1.165) is 6.42 Å². The Morgan fingerprint density at radius 3 is 2.83 bits per heavy atom. The summed E-state index contributed by atoms with van der Waals surface area (Å²) in [6.45, 7) is 6.20. The molecule has 1 aliphatic rings. The molecule has 1 atom stereocenters. The Kier molecular flexibility index (Phi) is 1.76. The lowest BCUT2D eigenvalue weighted by Crippen LogP contribution is -1.91. The molecule has 0 heteroatoms. The predicted octanol–water partition coefficient (Wildman–Crippen LogP) is 3.10. The van der Waals surface area contributed by atoms with Gasteiger partial charge in [-0.25, -0.2) is 0 Å². The van der Waals surface area contributed by atoms with Gasteiger partial charge in [0.15, 0.2) is 0 Å². The molecule has 0 amide bonds. The summed E-state index contributed by atoms with van der Waals surface area (Å²) in [5, 5.41) is 0. The van der Waals surface area contributed by atoms with Crippen LogP contribution in [0.5, 0.6) is 0 Å². The molecule has 0 fully saturated rings. The molecule has 1 aromatic carbocycles. The zero-order valence-corrected chi connectivity index (χ0v) is 7.38. The van der Waals surface area contributed by atoms with Crippen molar-refractivity contribution in [3.05, 3.63) is 48.4 Å². The first kappa shape index (κ1) is 7.60. The van der Waals surface area contributed by atoms with Gasteiger partial charge in [-0.1, -0.05) is 37.3 Å². The summed E-state index contributed by atoms with van der Waals surface area (Å²) in [4.78, 5) is 0. The molecule has 1 radical (unpaired) electrons. The Hall–Kier alpha value is -1.04. The number of rotatable bonds is 1. The lowest BCUT2D eigenvalue weighted by atomic mass is 9.97. The van der Waals surface area contributed by atoms with E-state index in [1.165, 1.54) is 16.7 Å². The van der Waals surface area contributed by atoms with Crippen LogP contribution in [0.15, 0.2) is 30.3 Å². The second kappa shape index (κ2) is 2.78. The van der Waals surface area contributed by atoms with Crippen LogP contribution in [0.2, 0.25) is 0 Å². The van der Waals surface area contributed by atoms with Crippen LogP contribution in [0.25, 0.3) is 5.57 Å². The topological polar surface area (TPSA) is 0 Å². The summed E-state index contributed by atoms with van der Waals surface area (Å²) in [6, 6.07) is 8.58. The quantitative estimate of drug-likeness (QED) is 0.587. The van der Waals surface area contributed by atoms with Crippen LogP contribution in [0, 0.1) is 12.8 Å². The number of benzene rings is 1. The molecular formula is C12H13. The van der Waals surface area contributed by atoms with Crippen LogP contribution in [0.3, 0.4) is 0 Å². The largest absolute Gasteiger partial charge is 0.0760 e. The average molecular weight is 157 g/mol. The molecule has 0 aromatic heterocycles. The molecule has 2 rings (SSSR count). The Balaban J connectivity index is 2.45. The van der Waals surface area contributed by atoms with Crippen LogP contribution >= 0.6 is 0 Å². The minimum absolute atomic E-state index is 0.411. The van der Waals surface area contributed by atoms with Gasteiger partial charge in [0.1, 0.15) is 0 Å². The average Bonchev–Trinajstić information content (AvgIpc) is 2.47. The monoisotopic (exact) mass is 157 g/mol. The van der Waals surface area contributed by atoms with E-state index in [1.807, 2.05) is 0 Å². The van der Waals surface area contributed by atoms with E-state index in [-0.39, 0.29) is 0 Å². The van der Waals surface area contributed by atoms with E-state index >= 15 is 0 Å². The Morgan fingerprint density at radius 1 is 1.33 bits per heavy atom. The molecule has 1 unspecified atom stereocenters. The fraction of sp³-hybridized carbons (Fsp3) is 0.250. The van der Waals surface area contributed by atoms with Crippen molar-refractivity contribution in [3.8, 4) is 0 Å². The Bertz CT molecular complexity index is 319. The van der Waals surface area contributed by atoms with Crippen molar-refractivity contribution >= 4 is 5.57 Å². The van der Waals surface area contributed by atoms with Crippen LogP contribution in [-0.4, -0.2) is 0 Å². The SMILES string of the molecule is [CH2]C(C)C1=CCc2ccccc21. The van der Waals surface area contributed by atoms with E-state index in [4.69, 9.17) is 0 Å². The standard InChI is InChI=1S/C12H13/c1-9(2)11-8-7-10-5-3-4-6-12(10)11/h3-6,8-9H,1,7H2,2H3. The van der Waals surface area contributed by atoms with Gasteiger partial charge < -0.3 is 0 Å². The highest BCUT2D eigenvalue weighted by Gasteiger charge is 2.14. The molecule has 0 heterocycles. The molecule has 1 aromatic rings. The van der Waals surface area contributed by atoms with Gasteiger partial charge in [0.25, 0.3) is 0 Å². The van der Waals surface area contributed by atoms with Gasteiger partial charge in [-0.05, 0) is 36.0 Å². The summed E-state index contributed by atoms with van der Waals surface area (Å²) in [5.41, 5.74) is 4.26. The number of fused-ring (bicyclic) bond motifs is 1. The number of hydrogen-bond donors (Lipinski definition) is 0. The van der Waals surface area contributed by atoms with E-state index < -0.39 is 0 Å². The van der Waals surface area contributed by atoms with E-state index in [0.29, 0.717) is 5.92 Å². The molecule has 1 aliphatic carbocycles. The minimum atomic E-state index is 0.411. The lowest BCUT2D eigenvalue weighted by Gasteiger charge is -2.08. The molecule has 0 nitrogen and oxygen atoms in total. The van der Waals surface area contributed by atoms with Crippen LogP contribution in [0.1, 0.15) is 18.1 Å². The minimum Gasteiger partial charge on any atom is -0.0760 e. The van der Waals surface area contributed by atoms with Gasteiger partial charge in [-0.3, -0.25) is 0 Å². The molecule has 0 N–H and O–H groups in total. The van der Waals surface area contributed by atoms with Crippen molar-refractivity contribution < 1.29 is 0 Å². The summed E-state index contributed by atoms with van der Waals surface area (Å²) in [5.74, 6) is 0.411. The second-order valence-corrected chi connectivity index (χ2v) is 3.42. The van der Waals surface area contributed by atoms with Crippen molar-refractivity contribution in [1.82, 2.24) is 0 Å². The van der Waals surface area contributed by atoms with Crippen molar-refractivity contribution in [2.24, 2.45) is 5.92 Å². The zero-order chi connectivity index (χ0) is 8.55. The summed E-state index contributed by atoms with van der Waals surface area (Å²) < 4.78 is 0. The van der Waals surface area contributed by atoms with Crippen molar-refractivity contribution in [2.75, 3.05) is 0 Å². The molecule has 0 aliphatic heterocycles. The first-order chi connectivity index (χ1) is 5.79. The summed E-state index contributed by atoms with van der Waals surface area (Å²) in [7, 11) is 0. The van der Waals surface area contributed by atoms with Crippen molar-refractivity contribution in [1.29, 1.82) is 0 Å². The lowest BCUT2D eigenvalue weighted by molar-refractivity contribution is 0.963. The van der Waals surface area contributed by atoms with Gasteiger partial charge in [0, 0.05) is 0 Å². The van der Waals surface area contributed by atoms with Crippen LogP contribution in [0.4, 0.5) is 0 Å². The van der Waals surface area contributed by atoms with Gasteiger partial charge in [-0.15, -0.1) is 0 Å². The van der Waals surface area contributed by atoms with Crippen LogP contribution in [-0.2, 0) is 6.42 Å². The second-order valence-electron chi connectivity index (χ2n) is 3.42. The number of hydrogen-bond acceptors (Lipinski definition) is 0. The molecular weight excluding hydrogens is 144 g/mol. The van der Waals surface area contributed by atoms with Gasteiger partial charge >= 0.3 is 0 Å². The summed E-state index contributed by atoms with van der Waals surface area (Å²) in [6.07, 6.45) is 3.38. The molecule has 0 saturated heterocycles. The van der Waals surface area contributed by atoms with Crippen molar-refractivity contribution in [3.63, 3.8) is 0 Å². The van der Waals surface area contributed by atoms with E-state index in [2.05, 4.69) is 44.2 Å². The van der Waals surface area contributed by atoms with Gasteiger partial charge in [0.2, 0.25) is 0 Å². The Morgan fingerprint density at radius 2 is 2.08 bits per heavy atom. The fourth-order valence-electron chi connectivity index (χ4n) is 1.78. The maximum absolute atomic E-state index is 4.05. The highest BCUT2D eigenvalue weighted by Crippen LogP contribution is 2.31. The smallest absolute Gasteiger partial charge is 0.00853 e. The van der Waals surface area contributed by atoms with Gasteiger partial charge in [-0.2, -0.15) is 0 Å². The van der Waals surface area contributed by atoms with Crippen molar-refractivity contribution in [2.45, 2.75) is 13.3 Å². The van der Waals surface area contributed by atoms with E-state index in [1.54, 1.807) is 0 Å². The maximum Gasteiger partial charge on any atom is -0.00853 e. The Labute approximate surface area is 73.9 Å². The fourth-order valence-corrected chi connectivity index (χ4v) is 1.78. The third kappa shape index (κ3) is 1.08. The zero-order valence-electron chi connectivity index (χ0n) is 7.38. The predicted molar refractivity (Wildman–Crippen MR) is 52.6 cm³/mol. The molecule has 61 valence electrons. The van der Waals surface area contributed by atoms with Crippen LogP contribution < -0.4 is 0 Å². The highest BCUT2D eigenvalue weighted by atomic mass is 14.2. The molecule has 12 heavy (non-hydrogen) atoms. The third-order valence-electron chi connectivity index (χ3n) is 2.40. The first-order valence-corrected chi connectivity index (χ1v) is 4.40. The van der Waals surface area contributed by atoms with E-state index in [9.17, 15) is 0 Å². The summed E-state index contributed by atoms with van der Waals surface area (Å²) >= 11 is 0. The normalized spacial score (nSPS) is 14.8. The number of allylic oxidation sites excluding steroid dienone is 2. The first-order valence-electron chi connectivity index (χ1n) is 4.40. The third-order valence-corrected chi connectivity index (χ3v) is 2.40. The van der Waals surface area contributed by atoms with Gasteiger partial charge in [0.05, 0.1) is 0 Å².